The summed E-state index contributed by atoms with van der Waals surface area (Å²) in [4.78, 5) is 14.3. The first-order chi connectivity index (χ1) is 13.4. The summed E-state index contributed by atoms with van der Waals surface area (Å²) in [5.41, 5.74) is 1.82. The van der Waals surface area contributed by atoms with Gasteiger partial charge >= 0.3 is 0 Å². The van der Waals surface area contributed by atoms with Crippen LogP contribution in [0.25, 0.3) is 53.4 Å². The van der Waals surface area contributed by atoms with Crippen molar-refractivity contribution in [1.82, 2.24) is 15.0 Å². The van der Waals surface area contributed by atoms with Crippen molar-refractivity contribution in [3.63, 3.8) is 0 Å². The van der Waals surface area contributed by atoms with Crippen molar-refractivity contribution in [2.75, 3.05) is 0 Å². The van der Waals surface area contributed by atoms with Crippen molar-refractivity contribution in [3.05, 3.63) is 79.1 Å². The minimum atomic E-state index is 0.674. The average molecular weight is 363 g/mol. The molecule has 27 heavy (non-hydrogen) atoms. The Labute approximate surface area is 159 Å². The van der Waals surface area contributed by atoms with E-state index in [-0.39, 0.29) is 0 Å². The lowest BCUT2D eigenvalue weighted by Crippen LogP contribution is -1.93. The molecule has 0 amide bonds. The number of hydrogen-bond donors (Lipinski definition) is 0. The molecular formula is C23H13N3S. The zero-order valence-corrected chi connectivity index (χ0v) is 15.1. The second-order valence-electron chi connectivity index (χ2n) is 6.55. The summed E-state index contributed by atoms with van der Waals surface area (Å²) in [6.07, 6.45) is 3.75. The molecule has 6 rings (SSSR count). The summed E-state index contributed by atoms with van der Waals surface area (Å²) in [5.74, 6) is 0.674. The van der Waals surface area contributed by atoms with Gasteiger partial charge in [0.2, 0.25) is 0 Å². The Balaban J connectivity index is 1.72. The van der Waals surface area contributed by atoms with E-state index in [0.29, 0.717) is 5.82 Å². The topological polar surface area (TPSA) is 38.7 Å². The third kappa shape index (κ3) is 2.17. The lowest BCUT2D eigenvalue weighted by Gasteiger charge is -2.06. The van der Waals surface area contributed by atoms with Crippen LogP contribution in [0.1, 0.15) is 0 Å². The van der Waals surface area contributed by atoms with Crippen LogP contribution in [0.4, 0.5) is 0 Å². The molecule has 0 bridgehead atoms. The Morgan fingerprint density at radius 2 is 1.48 bits per heavy atom. The van der Waals surface area contributed by atoms with E-state index < -0.39 is 0 Å². The molecule has 0 saturated carbocycles. The molecule has 3 nitrogen and oxygen atoms in total. The smallest absolute Gasteiger partial charge is 0.179 e. The van der Waals surface area contributed by atoms with Crippen molar-refractivity contribution in [3.8, 4) is 11.5 Å². The van der Waals surface area contributed by atoms with E-state index in [1.807, 2.05) is 12.4 Å². The molecule has 0 aliphatic carbocycles. The molecule has 0 aliphatic heterocycles. The van der Waals surface area contributed by atoms with Gasteiger partial charge in [0, 0.05) is 43.3 Å². The van der Waals surface area contributed by atoms with Crippen molar-refractivity contribution < 1.29 is 0 Å². The van der Waals surface area contributed by atoms with E-state index in [0.717, 1.165) is 27.4 Å². The monoisotopic (exact) mass is 363 g/mol. The highest BCUT2D eigenvalue weighted by molar-refractivity contribution is 7.25. The molecule has 3 aromatic heterocycles. The summed E-state index contributed by atoms with van der Waals surface area (Å²) in [7, 11) is 0. The van der Waals surface area contributed by atoms with Gasteiger partial charge in [0.15, 0.2) is 5.82 Å². The Bertz CT molecular complexity index is 1480. The molecular weight excluding hydrogens is 350 g/mol. The van der Waals surface area contributed by atoms with Crippen LogP contribution in [-0.2, 0) is 0 Å². The second-order valence-corrected chi connectivity index (χ2v) is 7.63. The molecule has 6 aromatic rings. The summed E-state index contributed by atoms with van der Waals surface area (Å²) in [6.45, 7) is 0. The molecule has 3 aromatic carbocycles. The third-order valence-corrected chi connectivity index (χ3v) is 6.11. The van der Waals surface area contributed by atoms with E-state index in [9.17, 15) is 0 Å². The fourth-order valence-electron chi connectivity index (χ4n) is 3.72. The second kappa shape index (κ2) is 5.56. The zero-order valence-electron chi connectivity index (χ0n) is 14.3. The molecule has 0 unspecified atom stereocenters. The first-order valence-electron chi connectivity index (χ1n) is 8.80. The Hall–Kier alpha value is -3.37. The molecule has 0 radical (unpaired) electrons. The van der Waals surface area contributed by atoms with Crippen LogP contribution < -0.4 is 0 Å². The van der Waals surface area contributed by atoms with E-state index >= 15 is 0 Å². The number of rotatable bonds is 1. The minimum Gasteiger partial charge on any atom is -0.252 e. The molecule has 126 valence electrons. The summed E-state index contributed by atoms with van der Waals surface area (Å²) >= 11 is 1.78. The summed E-state index contributed by atoms with van der Waals surface area (Å²) in [5, 5.41) is 5.71. The van der Waals surface area contributed by atoms with E-state index in [1.165, 1.54) is 20.2 Å². The quantitative estimate of drug-likeness (QED) is 0.326. The minimum absolute atomic E-state index is 0.674. The van der Waals surface area contributed by atoms with Gasteiger partial charge in [-0.15, -0.1) is 11.3 Å². The van der Waals surface area contributed by atoms with Crippen molar-refractivity contribution in [2.24, 2.45) is 0 Å². The number of hydrogen-bond acceptors (Lipinski definition) is 4. The number of nitrogens with zero attached hydrogens (tertiary/aromatic N) is 3. The van der Waals surface area contributed by atoms with Crippen LogP contribution in [0, 0.1) is 0 Å². The fraction of sp³-hybridized carbons (Fsp3) is 0. The van der Waals surface area contributed by atoms with Gasteiger partial charge in [-0.05, 0) is 17.5 Å². The zero-order chi connectivity index (χ0) is 17.8. The van der Waals surface area contributed by atoms with Gasteiger partial charge in [-0.3, -0.25) is 4.98 Å². The van der Waals surface area contributed by atoms with Gasteiger partial charge in [-0.1, -0.05) is 54.6 Å². The fourth-order valence-corrected chi connectivity index (χ4v) is 4.82. The number of pyridine rings is 1. The molecule has 0 fully saturated rings. The Morgan fingerprint density at radius 3 is 2.44 bits per heavy atom. The van der Waals surface area contributed by atoms with Gasteiger partial charge in [-0.2, -0.15) is 0 Å². The van der Waals surface area contributed by atoms with Crippen LogP contribution in [0.15, 0.2) is 79.1 Å². The normalized spacial score (nSPS) is 11.7. The maximum atomic E-state index is 4.94. The molecule has 0 N–H and O–H groups in total. The molecule has 0 aliphatic rings. The highest BCUT2D eigenvalue weighted by Gasteiger charge is 2.14. The Morgan fingerprint density at radius 1 is 0.667 bits per heavy atom. The van der Waals surface area contributed by atoms with Crippen LogP contribution >= 0.6 is 11.3 Å². The SMILES string of the molecule is c1ccc2c(c1)ccc1cnc(-c3nccc4sc5ccccc5c34)nc12. The van der Waals surface area contributed by atoms with E-state index in [1.54, 1.807) is 11.3 Å². The van der Waals surface area contributed by atoms with Gasteiger partial charge in [0.25, 0.3) is 0 Å². The molecule has 3 heterocycles. The Kier molecular flexibility index (Phi) is 3.04. The number of aromatic nitrogens is 3. The van der Waals surface area contributed by atoms with Crippen LogP contribution in [-0.4, -0.2) is 15.0 Å². The van der Waals surface area contributed by atoms with Gasteiger partial charge < -0.3 is 0 Å². The van der Waals surface area contributed by atoms with Gasteiger partial charge in [-0.25, -0.2) is 9.97 Å². The first-order valence-corrected chi connectivity index (χ1v) is 9.61. The predicted molar refractivity (Wildman–Crippen MR) is 113 cm³/mol. The number of thiophene rings is 1. The maximum absolute atomic E-state index is 4.94. The van der Waals surface area contributed by atoms with Crippen LogP contribution in [0.5, 0.6) is 0 Å². The molecule has 0 saturated heterocycles. The standard InChI is InChI=1S/C23H13N3S/c1-2-6-16-14(5-1)9-10-15-13-25-23(26-21(15)16)22-20-17-7-3-4-8-18(17)27-19(20)11-12-24-22/h1-13H. The number of fused-ring (bicyclic) bond motifs is 6. The lowest BCUT2D eigenvalue weighted by molar-refractivity contribution is 1.19. The van der Waals surface area contributed by atoms with Gasteiger partial charge in [0.1, 0.15) is 5.69 Å². The van der Waals surface area contributed by atoms with Crippen LogP contribution in [0.3, 0.4) is 0 Å². The predicted octanol–water partition coefficient (Wildman–Crippen LogP) is 6.21. The van der Waals surface area contributed by atoms with E-state index in [2.05, 4.69) is 76.7 Å². The molecule has 0 spiro atoms. The summed E-state index contributed by atoms with van der Waals surface area (Å²) in [6, 6.07) is 23.0. The highest BCUT2D eigenvalue weighted by atomic mass is 32.1. The third-order valence-electron chi connectivity index (χ3n) is 4.98. The van der Waals surface area contributed by atoms with Gasteiger partial charge in [0.05, 0.1) is 5.52 Å². The average Bonchev–Trinajstić information content (AvgIpc) is 3.12. The summed E-state index contributed by atoms with van der Waals surface area (Å²) < 4.78 is 2.47. The highest BCUT2D eigenvalue weighted by Crippen LogP contribution is 2.38. The first kappa shape index (κ1) is 14.8. The van der Waals surface area contributed by atoms with Crippen molar-refractivity contribution in [1.29, 1.82) is 0 Å². The largest absolute Gasteiger partial charge is 0.252 e. The maximum Gasteiger partial charge on any atom is 0.179 e. The molecule has 4 heteroatoms. The molecule has 0 atom stereocenters. The van der Waals surface area contributed by atoms with E-state index in [4.69, 9.17) is 4.98 Å². The van der Waals surface area contributed by atoms with Crippen LogP contribution in [0.2, 0.25) is 0 Å². The number of benzene rings is 3. The van der Waals surface area contributed by atoms with Crippen molar-refractivity contribution >= 4 is 53.2 Å². The van der Waals surface area contributed by atoms with Crippen molar-refractivity contribution in [2.45, 2.75) is 0 Å². The lowest BCUT2D eigenvalue weighted by atomic mass is 10.1.